The van der Waals surface area contributed by atoms with Crippen LogP contribution in [0, 0.1) is 0 Å². The molecule has 76 valence electrons. The molecule has 0 aliphatic heterocycles. The van der Waals surface area contributed by atoms with E-state index in [0.717, 1.165) is 0 Å². The lowest BCUT2D eigenvalue weighted by Crippen LogP contribution is -2.35. The van der Waals surface area contributed by atoms with Gasteiger partial charge in [-0.15, -0.1) is 12.4 Å². The van der Waals surface area contributed by atoms with E-state index < -0.39 is 6.10 Å². The van der Waals surface area contributed by atoms with E-state index in [1.54, 1.807) is 6.92 Å². The van der Waals surface area contributed by atoms with Crippen LogP contribution in [0.15, 0.2) is 0 Å². The summed E-state index contributed by atoms with van der Waals surface area (Å²) in [7, 11) is 0. The number of rotatable bonds is 6. The van der Waals surface area contributed by atoms with Gasteiger partial charge in [0.15, 0.2) is 0 Å². The number of nitrogens with zero attached hydrogens (tertiary/aromatic N) is 1. The normalized spacial score (nSPS) is 12.8. The molecule has 1 atom stereocenters. The maximum Gasteiger partial charge on any atom is 0.0639 e. The van der Waals surface area contributed by atoms with E-state index in [1.165, 1.54) is 0 Å². The number of hydrogen-bond donors (Lipinski definition) is 3. The van der Waals surface area contributed by atoms with E-state index >= 15 is 0 Å². The third-order valence-corrected chi connectivity index (χ3v) is 1.35. The van der Waals surface area contributed by atoms with Crippen LogP contribution in [0.1, 0.15) is 6.92 Å². The van der Waals surface area contributed by atoms with Gasteiger partial charge in [0.05, 0.1) is 19.3 Å². The third kappa shape index (κ3) is 8.23. The molecule has 0 aliphatic rings. The molecule has 1 unspecified atom stereocenters. The van der Waals surface area contributed by atoms with Gasteiger partial charge >= 0.3 is 0 Å². The van der Waals surface area contributed by atoms with Crippen molar-refractivity contribution in [2.75, 3.05) is 32.8 Å². The predicted octanol–water partition coefficient (Wildman–Crippen LogP) is -0.924. The molecule has 0 fully saturated rings. The highest BCUT2D eigenvalue weighted by molar-refractivity contribution is 5.85. The zero-order valence-electron chi connectivity index (χ0n) is 7.31. The Bertz CT molecular complexity index is 86.7. The van der Waals surface area contributed by atoms with E-state index in [0.29, 0.717) is 19.6 Å². The first-order valence-electron chi connectivity index (χ1n) is 3.82. The van der Waals surface area contributed by atoms with Gasteiger partial charge in [0.1, 0.15) is 0 Å². The van der Waals surface area contributed by atoms with Crippen molar-refractivity contribution < 1.29 is 15.3 Å². The second kappa shape index (κ2) is 9.22. The summed E-state index contributed by atoms with van der Waals surface area (Å²) < 4.78 is 0. The molecule has 0 bridgehead atoms. The van der Waals surface area contributed by atoms with Gasteiger partial charge in [-0.25, -0.2) is 0 Å². The second-order valence-electron chi connectivity index (χ2n) is 2.60. The number of hydrogen-bond acceptors (Lipinski definition) is 4. The van der Waals surface area contributed by atoms with Crippen molar-refractivity contribution in [1.29, 1.82) is 0 Å². The van der Waals surface area contributed by atoms with Crippen molar-refractivity contribution in [2.45, 2.75) is 13.0 Å². The zero-order valence-corrected chi connectivity index (χ0v) is 8.13. The topological polar surface area (TPSA) is 63.9 Å². The van der Waals surface area contributed by atoms with Gasteiger partial charge in [-0.05, 0) is 6.92 Å². The average Bonchev–Trinajstić information content (AvgIpc) is 1.87. The minimum absolute atomic E-state index is 0. The van der Waals surface area contributed by atoms with Crippen LogP contribution in [0.5, 0.6) is 0 Å². The Hall–Kier alpha value is 0.130. The molecule has 0 rings (SSSR count). The Kier molecular flexibility index (Phi) is 11.3. The molecular weight excluding hydrogens is 182 g/mol. The molecule has 0 aromatic carbocycles. The van der Waals surface area contributed by atoms with Crippen LogP contribution in [0.25, 0.3) is 0 Å². The van der Waals surface area contributed by atoms with Crippen LogP contribution in [0.2, 0.25) is 0 Å². The predicted molar refractivity (Wildman–Crippen MR) is 49.5 cm³/mol. The standard InChI is InChI=1S/C7H17NO3.ClH/c1-7(11)6-8(2-4-9)3-5-10;/h7,9-11H,2-6H2,1H3;1H. The van der Waals surface area contributed by atoms with Crippen molar-refractivity contribution in [3.05, 3.63) is 0 Å². The first-order valence-corrected chi connectivity index (χ1v) is 3.82. The zero-order chi connectivity index (χ0) is 8.69. The van der Waals surface area contributed by atoms with E-state index in [1.807, 2.05) is 4.90 Å². The van der Waals surface area contributed by atoms with Gasteiger partial charge in [-0.2, -0.15) is 0 Å². The fourth-order valence-electron chi connectivity index (χ4n) is 0.951. The molecule has 0 heterocycles. The highest BCUT2D eigenvalue weighted by atomic mass is 35.5. The largest absolute Gasteiger partial charge is 0.395 e. The Morgan fingerprint density at radius 3 is 1.83 bits per heavy atom. The SMILES string of the molecule is CC(O)CN(CCO)CCO.Cl. The average molecular weight is 200 g/mol. The van der Waals surface area contributed by atoms with E-state index in [-0.39, 0.29) is 25.6 Å². The molecule has 5 heteroatoms. The lowest BCUT2D eigenvalue weighted by molar-refractivity contribution is 0.0972. The van der Waals surface area contributed by atoms with E-state index in [4.69, 9.17) is 15.3 Å². The summed E-state index contributed by atoms with van der Waals surface area (Å²) in [6.45, 7) is 3.32. The van der Waals surface area contributed by atoms with Crippen LogP contribution in [-0.4, -0.2) is 59.2 Å². The molecular formula is C7H18ClNO3. The van der Waals surface area contributed by atoms with Crippen molar-refractivity contribution in [3.63, 3.8) is 0 Å². The van der Waals surface area contributed by atoms with Gasteiger partial charge in [0.2, 0.25) is 0 Å². The molecule has 0 amide bonds. The highest BCUT2D eigenvalue weighted by Crippen LogP contribution is 1.90. The van der Waals surface area contributed by atoms with E-state index in [2.05, 4.69) is 0 Å². The smallest absolute Gasteiger partial charge is 0.0639 e. The third-order valence-electron chi connectivity index (χ3n) is 1.35. The van der Waals surface area contributed by atoms with Crippen molar-refractivity contribution in [3.8, 4) is 0 Å². The van der Waals surface area contributed by atoms with Crippen molar-refractivity contribution in [1.82, 2.24) is 4.90 Å². The summed E-state index contributed by atoms with van der Waals surface area (Å²) in [5.41, 5.74) is 0. The Morgan fingerprint density at radius 2 is 1.58 bits per heavy atom. The van der Waals surface area contributed by atoms with Gasteiger partial charge in [-0.3, -0.25) is 4.90 Å². The van der Waals surface area contributed by atoms with E-state index in [9.17, 15) is 0 Å². The number of aliphatic hydroxyl groups excluding tert-OH is 3. The molecule has 4 nitrogen and oxygen atoms in total. The Balaban J connectivity index is 0. The summed E-state index contributed by atoms with van der Waals surface area (Å²) in [6.07, 6.45) is -0.409. The van der Waals surface area contributed by atoms with Gasteiger partial charge < -0.3 is 15.3 Å². The lowest BCUT2D eigenvalue weighted by atomic mass is 10.3. The fraction of sp³-hybridized carbons (Fsp3) is 1.00. The second-order valence-corrected chi connectivity index (χ2v) is 2.60. The molecule has 0 aromatic heterocycles. The molecule has 3 N–H and O–H groups in total. The molecule has 0 radical (unpaired) electrons. The minimum atomic E-state index is -0.409. The summed E-state index contributed by atoms with van der Waals surface area (Å²) in [5, 5.41) is 26.1. The monoisotopic (exact) mass is 199 g/mol. The molecule has 0 spiro atoms. The van der Waals surface area contributed by atoms with Crippen LogP contribution in [0.4, 0.5) is 0 Å². The van der Waals surface area contributed by atoms with Gasteiger partial charge in [-0.1, -0.05) is 0 Å². The highest BCUT2D eigenvalue weighted by Gasteiger charge is 2.05. The van der Waals surface area contributed by atoms with Gasteiger partial charge in [0.25, 0.3) is 0 Å². The van der Waals surface area contributed by atoms with Crippen molar-refractivity contribution in [2.24, 2.45) is 0 Å². The summed E-state index contributed by atoms with van der Waals surface area (Å²) >= 11 is 0. The lowest BCUT2D eigenvalue weighted by Gasteiger charge is -2.21. The summed E-state index contributed by atoms with van der Waals surface area (Å²) in [5.74, 6) is 0. The van der Waals surface area contributed by atoms with Crippen LogP contribution < -0.4 is 0 Å². The molecule has 0 aromatic rings. The quantitative estimate of drug-likeness (QED) is 0.518. The Labute approximate surface area is 79.2 Å². The van der Waals surface area contributed by atoms with Crippen LogP contribution >= 0.6 is 12.4 Å². The summed E-state index contributed by atoms with van der Waals surface area (Å²) in [6, 6.07) is 0. The van der Waals surface area contributed by atoms with Crippen molar-refractivity contribution >= 4 is 12.4 Å². The first kappa shape index (κ1) is 14.6. The fourth-order valence-corrected chi connectivity index (χ4v) is 0.951. The molecule has 12 heavy (non-hydrogen) atoms. The summed E-state index contributed by atoms with van der Waals surface area (Å²) in [4.78, 5) is 1.81. The molecule has 0 saturated heterocycles. The van der Waals surface area contributed by atoms with Crippen LogP contribution in [-0.2, 0) is 0 Å². The molecule has 0 aliphatic carbocycles. The Morgan fingerprint density at radius 1 is 1.17 bits per heavy atom. The molecule has 0 saturated carbocycles. The van der Waals surface area contributed by atoms with Crippen LogP contribution in [0.3, 0.4) is 0 Å². The first-order chi connectivity index (χ1) is 5.20. The van der Waals surface area contributed by atoms with Gasteiger partial charge in [0, 0.05) is 19.6 Å². The maximum atomic E-state index is 8.97. The maximum absolute atomic E-state index is 8.97. The number of aliphatic hydroxyl groups is 3. The minimum Gasteiger partial charge on any atom is -0.395 e. The number of halogens is 1.